The molecule has 0 fully saturated rings. The molecular weight excluding hydrogens is 219 g/mol. The summed E-state index contributed by atoms with van der Waals surface area (Å²) in [4.78, 5) is 11.1. The van der Waals surface area contributed by atoms with E-state index in [1.165, 1.54) is 0 Å². The number of carbonyl (C=O) groups is 1. The van der Waals surface area contributed by atoms with E-state index < -0.39 is 29.4 Å². The molecule has 1 aromatic rings. The number of phenolic OH excluding ortho intramolecular Hbond substituents is 2. The maximum Gasteiger partial charge on any atom is 0.339 e. The van der Waals surface area contributed by atoms with Gasteiger partial charge in [-0.1, -0.05) is 0 Å². The molecule has 0 aliphatic rings. The smallest absolute Gasteiger partial charge is 0.339 e. The fourth-order valence-electron chi connectivity index (χ4n) is 1.13. The van der Waals surface area contributed by atoms with Crippen molar-refractivity contribution in [2.75, 3.05) is 6.61 Å². The minimum absolute atomic E-state index is 0.0594. The Morgan fingerprint density at radius 3 is 2.62 bits per heavy atom. The van der Waals surface area contributed by atoms with Gasteiger partial charge < -0.3 is 20.1 Å². The number of benzene rings is 1. The molecule has 0 heterocycles. The zero-order valence-electron chi connectivity index (χ0n) is 8.48. The summed E-state index contributed by atoms with van der Waals surface area (Å²) in [6.45, 7) is 1.61. The summed E-state index contributed by atoms with van der Waals surface area (Å²) >= 11 is 0. The summed E-state index contributed by atoms with van der Waals surface area (Å²) in [5.41, 5.74) is -0.308. The van der Waals surface area contributed by atoms with Gasteiger partial charge >= 0.3 is 5.97 Å². The predicted octanol–water partition coefficient (Wildman–Crippen LogP) is 0.833. The van der Waals surface area contributed by atoms with Crippen molar-refractivity contribution in [1.29, 1.82) is 0 Å². The van der Waals surface area contributed by atoms with Crippen molar-refractivity contribution in [3.05, 3.63) is 23.5 Å². The topological polar surface area (TPSA) is 87.0 Å². The number of aliphatic hydroxyl groups excluding tert-OH is 1. The van der Waals surface area contributed by atoms with Gasteiger partial charge in [0, 0.05) is 11.6 Å². The van der Waals surface area contributed by atoms with Crippen molar-refractivity contribution in [2.24, 2.45) is 0 Å². The number of aliphatic hydroxyl groups is 1. The Labute approximate surface area is 90.7 Å². The van der Waals surface area contributed by atoms with E-state index in [2.05, 4.69) is 4.74 Å². The Kier molecular flexibility index (Phi) is 3.68. The molecule has 0 saturated carbocycles. The summed E-state index contributed by atoms with van der Waals surface area (Å²) < 4.78 is 17.3. The molecule has 0 amide bonds. The van der Waals surface area contributed by atoms with Crippen LogP contribution in [0.1, 0.15) is 18.6 Å². The lowest BCUT2D eigenvalue weighted by Gasteiger charge is -2.12. The van der Waals surface area contributed by atoms with E-state index in [-0.39, 0.29) is 12.2 Å². The summed E-state index contributed by atoms with van der Waals surface area (Å²) in [6, 6.07) is 1.37. The first-order valence-corrected chi connectivity index (χ1v) is 4.53. The number of ether oxygens (including phenoxy) is 1. The lowest BCUT2D eigenvalue weighted by molar-refractivity contribution is -0.153. The van der Waals surface area contributed by atoms with Gasteiger partial charge in [-0.15, -0.1) is 0 Å². The fraction of sp³-hybridized carbons (Fsp3) is 0.300. The minimum atomic E-state index is -1.76. The second-order valence-electron chi connectivity index (χ2n) is 3.02. The van der Waals surface area contributed by atoms with Gasteiger partial charge in [0.2, 0.25) is 0 Å². The van der Waals surface area contributed by atoms with Crippen LogP contribution in [-0.4, -0.2) is 27.9 Å². The van der Waals surface area contributed by atoms with Gasteiger partial charge in [0.1, 0.15) is 5.75 Å². The summed E-state index contributed by atoms with van der Waals surface area (Å²) in [6.07, 6.45) is -1.76. The third-order valence-corrected chi connectivity index (χ3v) is 1.90. The molecule has 1 aromatic carbocycles. The van der Waals surface area contributed by atoms with E-state index in [1.54, 1.807) is 6.92 Å². The molecule has 16 heavy (non-hydrogen) atoms. The number of halogens is 1. The van der Waals surface area contributed by atoms with Gasteiger partial charge in [-0.2, -0.15) is 0 Å². The van der Waals surface area contributed by atoms with Crippen LogP contribution < -0.4 is 0 Å². The normalized spacial score (nSPS) is 12.2. The zero-order chi connectivity index (χ0) is 12.3. The first-order chi connectivity index (χ1) is 7.47. The minimum Gasteiger partial charge on any atom is -0.507 e. The van der Waals surface area contributed by atoms with Crippen molar-refractivity contribution in [2.45, 2.75) is 13.0 Å². The lowest BCUT2D eigenvalue weighted by atomic mass is 10.1. The molecule has 0 aliphatic carbocycles. The predicted molar refractivity (Wildman–Crippen MR) is 51.3 cm³/mol. The van der Waals surface area contributed by atoms with Gasteiger partial charge in [-0.05, 0) is 13.0 Å². The second kappa shape index (κ2) is 4.80. The van der Waals surface area contributed by atoms with Crippen LogP contribution in [0.25, 0.3) is 0 Å². The monoisotopic (exact) mass is 230 g/mol. The molecule has 0 aromatic heterocycles. The zero-order valence-corrected chi connectivity index (χ0v) is 8.48. The Morgan fingerprint density at radius 1 is 1.44 bits per heavy atom. The molecule has 0 radical (unpaired) electrons. The largest absolute Gasteiger partial charge is 0.507 e. The Bertz CT molecular complexity index is 404. The van der Waals surface area contributed by atoms with Gasteiger partial charge in [-0.25, -0.2) is 9.18 Å². The lowest BCUT2D eigenvalue weighted by Crippen LogP contribution is -2.15. The first-order valence-electron chi connectivity index (χ1n) is 4.53. The van der Waals surface area contributed by atoms with E-state index in [9.17, 15) is 19.4 Å². The Balaban J connectivity index is 3.04. The molecule has 88 valence electrons. The van der Waals surface area contributed by atoms with Crippen LogP contribution in [0.4, 0.5) is 4.39 Å². The third kappa shape index (κ3) is 2.40. The quantitative estimate of drug-likeness (QED) is 0.529. The highest BCUT2D eigenvalue weighted by atomic mass is 19.1. The van der Waals surface area contributed by atoms with Crippen LogP contribution in [0.15, 0.2) is 12.1 Å². The first kappa shape index (κ1) is 12.3. The van der Waals surface area contributed by atoms with E-state index in [4.69, 9.17) is 5.11 Å². The summed E-state index contributed by atoms with van der Waals surface area (Å²) in [7, 11) is 0. The third-order valence-electron chi connectivity index (χ3n) is 1.90. The van der Waals surface area contributed by atoms with E-state index in [1.807, 2.05) is 0 Å². The fourth-order valence-corrected chi connectivity index (χ4v) is 1.13. The van der Waals surface area contributed by atoms with Gasteiger partial charge in [0.15, 0.2) is 17.7 Å². The molecular formula is C10H11FO5. The van der Waals surface area contributed by atoms with E-state index >= 15 is 0 Å². The number of esters is 1. The van der Waals surface area contributed by atoms with Crippen LogP contribution in [0.3, 0.4) is 0 Å². The molecule has 3 N–H and O–H groups in total. The van der Waals surface area contributed by atoms with Crippen LogP contribution in [0.5, 0.6) is 11.5 Å². The standard InChI is InChI=1S/C10H11FO5/c1-2-16-10(15)9(14)5-3-8(13)6(11)4-7(5)12/h3-4,9,12-14H,2H2,1H3. The molecule has 1 atom stereocenters. The van der Waals surface area contributed by atoms with E-state index in [0.29, 0.717) is 6.07 Å². The van der Waals surface area contributed by atoms with Crippen LogP contribution in [0, 0.1) is 5.82 Å². The summed E-state index contributed by atoms with van der Waals surface area (Å²) in [5.74, 6) is -3.42. The van der Waals surface area contributed by atoms with Crippen LogP contribution in [0.2, 0.25) is 0 Å². The highest BCUT2D eigenvalue weighted by Crippen LogP contribution is 2.30. The second-order valence-corrected chi connectivity index (χ2v) is 3.02. The molecule has 0 aliphatic heterocycles. The molecule has 0 saturated heterocycles. The van der Waals surface area contributed by atoms with Crippen molar-refractivity contribution < 1.29 is 29.2 Å². The van der Waals surface area contributed by atoms with Crippen molar-refractivity contribution in [1.82, 2.24) is 0 Å². The molecule has 1 unspecified atom stereocenters. The number of aromatic hydroxyl groups is 2. The SMILES string of the molecule is CCOC(=O)C(O)c1cc(O)c(F)cc1O. The van der Waals surface area contributed by atoms with Crippen molar-refractivity contribution >= 4 is 5.97 Å². The Hall–Kier alpha value is -1.82. The number of hydrogen-bond donors (Lipinski definition) is 3. The van der Waals surface area contributed by atoms with E-state index in [0.717, 1.165) is 6.07 Å². The molecule has 6 heteroatoms. The number of phenols is 2. The van der Waals surface area contributed by atoms with Gasteiger partial charge in [0.25, 0.3) is 0 Å². The highest BCUT2D eigenvalue weighted by Gasteiger charge is 2.23. The average molecular weight is 230 g/mol. The summed E-state index contributed by atoms with van der Waals surface area (Å²) in [5, 5.41) is 27.8. The molecule has 0 bridgehead atoms. The van der Waals surface area contributed by atoms with Crippen molar-refractivity contribution in [3.63, 3.8) is 0 Å². The maximum atomic E-state index is 12.8. The average Bonchev–Trinajstić information content (AvgIpc) is 2.23. The van der Waals surface area contributed by atoms with Gasteiger partial charge in [0.05, 0.1) is 6.61 Å². The highest BCUT2D eigenvalue weighted by molar-refractivity contribution is 5.77. The number of rotatable bonds is 3. The maximum absolute atomic E-state index is 12.8. The number of carbonyl (C=O) groups excluding carboxylic acids is 1. The van der Waals surface area contributed by atoms with Crippen LogP contribution in [-0.2, 0) is 9.53 Å². The van der Waals surface area contributed by atoms with Crippen LogP contribution >= 0.6 is 0 Å². The molecule has 0 spiro atoms. The molecule has 1 rings (SSSR count). The van der Waals surface area contributed by atoms with Crippen molar-refractivity contribution in [3.8, 4) is 11.5 Å². The van der Waals surface area contributed by atoms with Gasteiger partial charge in [-0.3, -0.25) is 0 Å². The molecule has 5 nitrogen and oxygen atoms in total. The Morgan fingerprint density at radius 2 is 2.06 bits per heavy atom. The number of hydrogen-bond acceptors (Lipinski definition) is 5.